The largest absolute Gasteiger partial charge is 0.307 e. The molecule has 0 saturated heterocycles. The van der Waals surface area contributed by atoms with Crippen LogP contribution in [0.3, 0.4) is 0 Å². The van der Waals surface area contributed by atoms with Gasteiger partial charge in [0.25, 0.3) is 11.6 Å². The van der Waals surface area contributed by atoms with Gasteiger partial charge in [0.1, 0.15) is 5.84 Å². The summed E-state index contributed by atoms with van der Waals surface area (Å²) in [5, 5.41) is 24.2. The van der Waals surface area contributed by atoms with Gasteiger partial charge in [-0.2, -0.15) is 11.3 Å². The van der Waals surface area contributed by atoms with E-state index in [2.05, 4.69) is 5.32 Å². The average molecular weight is 275 g/mol. The molecule has 0 aliphatic heterocycles. The van der Waals surface area contributed by atoms with Gasteiger partial charge in [0.2, 0.25) is 0 Å². The van der Waals surface area contributed by atoms with Crippen molar-refractivity contribution >= 4 is 28.8 Å². The van der Waals surface area contributed by atoms with E-state index in [1.54, 1.807) is 11.4 Å². The van der Waals surface area contributed by atoms with E-state index < -0.39 is 10.8 Å². The van der Waals surface area contributed by atoms with Crippen LogP contribution in [0.5, 0.6) is 0 Å². The van der Waals surface area contributed by atoms with Gasteiger partial charge in [0, 0.05) is 28.6 Å². The highest BCUT2D eigenvalue weighted by Gasteiger charge is 2.11. The number of thiophene rings is 1. The van der Waals surface area contributed by atoms with Crippen LogP contribution in [0, 0.1) is 15.5 Å². The summed E-state index contributed by atoms with van der Waals surface area (Å²) >= 11 is 1.43. The fourth-order valence-electron chi connectivity index (χ4n) is 1.40. The van der Waals surface area contributed by atoms with Gasteiger partial charge < -0.3 is 5.32 Å². The molecule has 96 valence electrons. The molecule has 0 atom stereocenters. The summed E-state index contributed by atoms with van der Waals surface area (Å²) in [4.78, 5) is 21.8. The SMILES string of the molecule is N=C(NC(=O)c1ccc([N+](=O)[O-])cc1)c1ccsc1. The van der Waals surface area contributed by atoms with Gasteiger partial charge in [-0.05, 0) is 23.6 Å². The van der Waals surface area contributed by atoms with Gasteiger partial charge in [-0.25, -0.2) is 0 Å². The van der Waals surface area contributed by atoms with Crippen molar-refractivity contribution in [1.82, 2.24) is 5.32 Å². The first-order valence-electron chi connectivity index (χ1n) is 5.25. The number of amidine groups is 1. The molecule has 6 nitrogen and oxygen atoms in total. The molecule has 19 heavy (non-hydrogen) atoms. The summed E-state index contributed by atoms with van der Waals surface area (Å²) < 4.78 is 0. The first kappa shape index (κ1) is 12.9. The zero-order valence-corrected chi connectivity index (χ0v) is 10.4. The Kier molecular flexibility index (Phi) is 3.67. The molecule has 0 aliphatic carbocycles. The Morgan fingerprint density at radius 1 is 1.21 bits per heavy atom. The predicted octanol–water partition coefficient (Wildman–Crippen LogP) is 2.41. The number of carbonyl (C=O) groups excluding carboxylic acids is 1. The molecule has 1 heterocycles. The van der Waals surface area contributed by atoms with Crippen molar-refractivity contribution in [3.8, 4) is 0 Å². The molecule has 7 heteroatoms. The number of carbonyl (C=O) groups is 1. The smallest absolute Gasteiger partial charge is 0.269 e. The minimum Gasteiger partial charge on any atom is -0.307 e. The number of hydrogen-bond acceptors (Lipinski definition) is 5. The van der Waals surface area contributed by atoms with Crippen LogP contribution in [0.25, 0.3) is 0 Å². The number of amides is 1. The van der Waals surface area contributed by atoms with Crippen molar-refractivity contribution in [3.05, 3.63) is 62.3 Å². The van der Waals surface area contributed by atoms with Crippen LogP contribution in [-0.2, 0) is 0 Å². The Hall–Kier alpha value is -2.54. The predicted molar refractivity (Wildman–Crippen MR) is 71.7 cm³/mol. The third kappa shape index (κ3) is 3.02. The molecule has 0 aliphatic rings. The Morgan fingerprint density at radius 3 is 2.42 bits per heavy atom. The summed E-state index contributed by atoms with van der Waals surface area (Å²) in [6, 6.07) is 6.94. The number of rotatable bonds is 3. The van der Waals surface area contributed by atoms with Crippen molar-refractivity contribution in [2.75, 3.05) is 0 Å². The lowest BCUT2D eigenvalue weighted by atomic mass is 10.2. The van der Waals surface area contributed by atoms with Gasteiger partial charge in [-0.15, -0.1) is 0 Å². The molecule has 1 amide bonds. The number of non-ortho nitro benzene ring substituents is 1. The molecular weight excluding hydrogens is 266 g/mol. The lowest BCUT2D eigenvalue weighted by Gasteiger charge is -2.04. The normalized spacial score (nSPS) is 9.89. The number of nitro groups is 1. The molecule has 0 spiro atoms. The summed E-state index contributed by atoms with van der Waals surface area (Å²) in [6.45, 7) is 0. The van der Waals surface area contributed by atoms with E-state index in [4.69, 9.17) is 5.41 Å². The first-order chi connectivity index (χ1) is 9.08. The van der Waals surface area contributed by atoms with E-state index in [9.17, 15) is 14.9 Å². The third-order valence-electron chi connectivity index (χ3n) is 2.39. The second kappa shape index (κ2) is 5.40. The lowest BCUT2D eigenvalue weighted by molar-refractivity contribution is -0.384. The number of nitrogens with zero attached hydrogens (tertiary/aromatic N) is 1. The van der Waals surface area contributed by atoms with Crippen molar-refractivity contribution in [3.63, 3.8) is 0 Å². The number of nitro benzene ring substituents is 1. The van der Waals surface area contributed by atoms with E-state index in [0.717, 1.165) is 0 Å². The third-order valence-corrected chi connectivity index (χ3v) is 3.07. The molecular formula is C12H9N3O3S. The molecule has 2 aromatic rings. The fraction of sp³-hybridized carbons (Fsp3) is 0. The molecule has 1 aromatic carbocycles. The van der Waals surface area contributed by atoms with E-state index in [0.29, 0.717) is 5.56 Å². The highest BCUT2D eigenvalue weighted by Crippen LogP contribution is 2.12. The zero-order chi connectivity index (χ0) is 13.8. The molecule has 0 unspecified atom stereocenters. The van der Waals surface area contributed by atoms with E-state index in [1.165, 1.54) is 35.6 Å². The van der Waals surface area contributed by atoms with Crippen LogP contribution in [0.15, 0.2) is 41.1 Å². The van der Waals surface area contributed by atoms with Gasteiger partial charge in [0.05, 0.1) is 4.92 Å². The summed E-state index contributed by atoms with van der Waals surface area (Å²) in [7, 11) is 0. The minimum atomic E-state index is -0.533. The Balaban J connectivity index is 2.08. The van der Waals surface area contributed by atoms with Crippen LogP contribution >= 0.6 is 11.3 Å². The topological polar surface area (TPSA) is 96.1 Å². The summed E-state index contributed by atoms with van der Waals surface area (Å²) in [5.74, 6) is -0.462. The summed E-state index contributed by atoms with van der Waals surface area (Å²) in [5.41, 5.74) is 0.815. The molecule has 0 radical (unpaired) electrons. The molecule has 0 saturated carbocycles. The van der Waals surface area contributed by atoms with E-state index in [-0.39, 0.29) is 17.1 Å². The number of benzene rings is 1. The molecule has 0 fully saturated rings. The Labute approximate surface area is 112 Å². The van der Waals surface area contributed by atoms with Crippen LogP contribution in [0.1, 0.15) is 15.9 Å². The van der Waals surface area contributed by atoms with Crippen LogP contribution in [0.4, 0.5) is 5.69 Å². The molecule has 1 aromatic heterocycles. The van der Waals surface area contributed by atoms with Gasteiger partial charge in [-0.3, -0.25) is 20.3 Å². The monoisotopic (exact) mass is 275 g/mol. The van der Waals surface area contributed by atoms with Crippen LogP contribution in [-0.4, -0.2) is 16.7 Å². The van der Waals surface area contributed by atoms with Gasteiger partial charge >= 0.3 is 0 Å². The quantitative estimate of drug-likeness (QED) is 0.389. The first-order valence-corrected chi connectivity index (χ1v) is 6.19. The number of hydrogen-bond donors (Lipinski definition) is 2. The zero-order valence-electron chi connectivity index (χ0n) is 9.62. The lowest BCUT2D eigenvalue weighted by Crippen LogP contribution is -2.30. The van der Waals surface area contributed by atoms with Crippen molar-refractivity contribution in [2.24, 2.45) is 0 Å². The Bertz CT molecular complexity index is 620. The summed E-state index contributed by atoms with van der Waals surface area (Å²) in [6.07, 6.45) is 0. The van der Waals surface area contributed by atoms with Crippen molar-refractivity contribution in [2.45, 2.75) is 0 Å². The molecule has 2 rings (SSSR count). The Morgan fingerprint density at radius 2 is 1.89 bits per heavy atom. The van der Waals surface area contributed by atoms with E-state index in [1.807, 2.05) is 5.38 Å². The number of nitrogens with one attached hydrogen (secondary N) is 2. The maximum Gasteiger partial charge on any atom is 0.269 e. The van der Waals surface area contributed by atoms with E-state index >= 15 is 0 Å². The average Bonchev–Trinajstić information content (AvgIpc) is 2.92. The fourth-order valence-corrected chi connectivity index (χ4v) is 2.05. The van der Waals surface area contributed by atoms with Crippen LogP contribution in [0.2, 0.25) is 0 Å². The van der Waals surface area contributed by atoms with Crippen LogP contribution < -0.4 is 5.32 Å². The highest BCUT2D eigenvalue weighted by atomic mass is 32.1. The molecule has 2 N–H and O–H groups in total. The van der Waals surface area contributed by atoms with Crippen molar-refractivity contribution < 1.29 is 9.72 Å². The minimum absolute atomic E-state index is 0.00426. The standard InChI is InChI=1S/C12H9N3O3S/c13-11(9-5-6-19-7-9)14-12(16)8-1-3-10(4-2-8)15(17)18/h1-7H,(H2,13,14,16). The molecule has 0 bridgehead atoms. The second-order valence-corrected chi connectivity index (χ2v) is 4.43. The maximum atomic E-state index is 11.8. The van der Waals surface area contributed by atoms with Gasteiger partial charge in [0.15, 0.2) is 0 Å². The second-order valence-electron chi connectivity index (χ2n) is 3.65. The van der Waals surface area contributed by atoms with Crippen molar-refractivity contribution in [1.29, 1.82) is 5.41 Å². The van der Waals surface area contributed by atoms with Gasteiger partial charge in [-0.1, -0.05) is 0 Å². The maximum absolute atomic E-state index is 11.8. The highest BCUT2D eigenvalue weighted by molar-refractivity contribution is 7.08.